The molecule has 3 rings (SSSR count). The third-order valence-corrected chi connectivity index (χ3v) is 4.41. The predicted molar refractivity (Wildman–Crippen MR) is 89.1 cm³/mol. The quantitative estimate of drug-likeness (QED) is 0.885. The fourth-order valence-corrected chi connectivity index (χ4v) is 2.79. The topological polar surface area (TPSA) is 63.1 Å². The molecular formula is C17H23N5O. The molecule has 0 atom stereocenters. The van der Waals surface area contributed by atoms with Gasteiger partial charge in [0.05, 0.1) is 0 Å². The average molecular weight is 313 g/mol. The Bertz CT molecular complexity index is 630. The number of nitrogens with one attached hydrogen (secondary N) is 1. The lowest BCUT2D eigenvalue weighted by Gasteiger charge is -2.34. The molecule has 0 radical (unpaired) electrons. The monoisotopic (exact) mass is 313 g/mol. The van der Waals surface area contributed by atoms with Crippen LogP contribution in [0.15, 0.2) is 36.9 Å². The van der Waals surface area contributed by atoms with Crippen LogP contribution in [0.3, 0.4) is 0 Å². The second kappa shape index (κ2) is 6.91. The van der Waals surface area contributed by atoms with Gasteiger partial charge in [-0.2, -0.15) is 0 Å². The molecular weight excluding hydrogens is 290 g/mol. The standard InChI is InChI=1S/C17H23N5O/c1-21(2)8-7-13-3-5-15(6-4-13)20-17(23)14-9-16(10-14)22-11-18-19-12-22/h3-6,11-12,14,16H,7-10H2,1-2H3,(H,20,23). The number of nitrogens with zero attached hydrogens (tertiary/aromatic N) is 4. The Hall–Kier alpha value is -2.21. The van der Waals surface area contributed by atoms with Crippen LogP contribution >= 0.6 is 0 Å². The summed E-state index contributed by atoms with van der Waals surface area (Å²) in [7, 11) is 4.14. The first-order valence-electron chi connectivity index (χ1n) is 8.00. The summed E-state index contributed by atoms with van der Waals surface area (Å²) in [4.78, 5) is 14.4. The number of anilines is 1. The fraction of sp³-hybridized carbons (Fsp3) is 0.471. The lowest BCUT2D eigenvalue weighted by molar-refractivity contribution is -0.123. The molecule has 6 heteroatoms. The number of benzene rings is 1. The highest BCUT2D eigenvalue weighted by Gasteiger charge is 2.35. The molecule has 1 aromatic carbocycles. The van der Waals surface area contributed by atoms with Gasteiger partial charge in [0.2, 0.25) is 5.91 Å². The predicted octanol–water partition coefficient (Wildman–Crippen LogP) is 1.97. The summed E-state index contributed by atoms with van der Waals surface area (Å²) in [5, 5.41) is 10.6. The van der Waals surface area contributed by atoms with Gasteiger partial charge >= 0.3 is 0 Å². The van der Waals surface area contributed by atoms with Gasteiger partial charge in [0.1, 0.15) is 12.7 Å². The van der Waals surface area contributed by atoms with E-state index >= 15 is 0 Å². The zero-order valence-electron chi connectivity index (χ0n) is 13.6. The second-order valence-corrected chi connectivity index (χ2v) is 6.47. The van der Waals surface area contributed by atoms with Gasteiger partial charge in [-0.05, 0) is 51.1 Å². The zero-order chi connectivity index (χ0) is 16.2. The van der Waals surface area contributed by atoms with E-state index < -0.39 is 0 Å². The Kier molecular flexibility index (Phi) is 4.71. The van der Waals surface area contributed by atoms with Crippen LogP contribution in [0.2, 0.25) is 0 Å². The van der Waals surface area contributed by atoms with E-state index in [4.69, 9.17) is 0 Å². The van der Waals surface area contributed by atoms with Gasteiger partial charge < -0.3 is 14.8 Å². The Balaban J connectivity index is 1.47. The third kappa shape index (κ3) is 3.96. The van der Waals surface area contributed by atoms with Crippen LogP contribution in [-0.4, -0.2) is 46.2 Å². The van der Waals surface area contributed by atoms with E-state index in [0.717, 1.165) is 31.5 Å². The molecule has 6 nitrogen and oxygen atoms in total. The van der Waals surface area contributed by atoms with Crippen LogP contribution in [0.1, 0.15) is 24.4 Å². The van der Waals surface area contributed by atoms with Crippen molar-refractivity contribution in [3.05, 3.63) is 42.5 Å². The van der Waals surface area contributed by atoms with Crippen LogP contribution in [0.5, 0.6) is 0 Å². The largest absolute Gasteiger partial charge is 0.326 e. The summed E-state index contributed by atoms with van der Waals surface area (Å²) in [6.07, 6.45) is 6.15. The number of carbonyl (C=O) groups excluding carboxylic acids is 1. The van der Waals surface area contributed by atoms with E-state index in [2.05, 4.69) is 46.6 Å². The van der Waals surface area contributed by atoms with Gasteiger partial charge in [0, 0.05) is 24.2 Å². The lowest BCUT2D eigenvalue weighted by atomic mass is 9.79. The van der Waals surface area contributed by atoms with Crippen LogP contribution in [0.4, 0.5) is 5.69 Å². The van der Waals surface area contributed by atoms with Gasteiger partial charge in [0.25, 0.3) is 0 Å². The molecule has 1 heterocycles. The molecule has 0 bridgehead atoms. The summed E-state index contributed by atoms with van der Waals surface area (Å²) in [5.74, 6) is 0.186. The van der Waals surface area contributed by atoms with Gasteiger partial charge in [-0.1, -0.05) is 12.1 Å². The molecule has 1 aliphatic carbocycles. The lowest BCUT2D eigenvalue weighted by Crippen LogP contribution is -2.35. The normalized spacial score (nSPS) is 20.3. The Morgan fingerprint density at radius 1 is 1.22 bits per heavy atom. The molecule has 1 N–H and O–H groups in total. The molecule has 0 unspecified atom stereocenters. The molecule has 1 aliphatic rings. The van der Waals surface area contributed by atoms with E-state index in [1.807, 2.05) is 16.7 Å². The van der Waals surface area contributed by atoms with Crippen molar-refractivity contribution in [1.82, 2.24) is 19.7 Å². The molecule has 0 spiro atoms. The molecule has 1 aromatic heterocycles. The molecule has 2 aromatic rings. The SMILES string of the molecule is CN(C)CCc1ccc(NC(=O)C2CC(n3cnnc3)C2)cc1. The second-order valence-electron chi connectivity index (χ2n) is 6.47. The van der Waals surface area contributed by atoms with Crippen molar-refractivity contribution in [1.29, 1.82) is 0 Å². The van der Waals surface area contributed by atoms with E-state index in [1.165, 1.54) is 5.56 Å². The van der Waals surface area contributed by atoms with Crippen molar-refractivity contribution in [3.8, 4) is 0 Å². The average Bonchev–Trinajstić information content (AvgIpc) is 2.99. The number of rotatable bonds is 6. The van der Waals surface area contributed by atoms with E-state index in [-0.39, 0.29) is 11.8 Å². The van der Waals surface area contributed by atoms with E-state index in [0.29, 0.717) is 6.04 Å². The highest BCUT2D eigenvalue weighted by atomic mass is 16.1. The maximum atomic E-state index is 12.3. The van der Waals surface area contributed by atoms with Gasteiger partial charge in [0.15, 0.2) is 0 Å². The van der Waals surface area contributed by atoms with Crippen LogP contribution < -0.4 is 5.32 Å². The van der Waals surface area contributed by atoms with Crippen LogP contribution in [-0.2, 0) is 11.2 Å². The van der Waals surface area contributed by atoms with Crippen LogP contribution in [0.25, 0.3) is 0 Å². The summed E-state index contributed by atoms with van der Waals surface area (Å²) in [5.41, 5.74) is 2.16. The van der Waals surface area contributed by atoms with Gasteiger partial charge in [-0.3, -0.25) is 4.79 Å². The molecule has 1 saturated carbocycles. The first kappa shape index (κ1) is 15.7. The van der Waals surface area contributed by atoms with Crippen molar-refractivity contribution in [3.63, 3.8) is 0 Å². The number of hydrogen-bond donors (Lipinski definition) is 1. The van der Waals surface area contributed by atoms with Crippen LogP contribution in [0, 0.1) is 5.92 Å². The molecule has 23 heavy (non-hydrogen) atoms. The maximum Gasteiger partial charge on any atom is 0.227 e. The molecule has 0 aliphatic heterocycles. The summed E-state index contributed by atoms with van der Waals surface area (Å²) < 4.78 is 1.98. The Morgan fingerprint density at radius 3 is 2.48 bits per heavy atom. The minimum absolute atomic E-state index is 0.0795. The fourth-order valence-electron chi connectivity index (χ4n) is 2.79. The number of aromatic nitrogens is 3. The summed E-state index contributed by atoms with van der Waals surface area (Å²) in [6, 6.07) is 8.49. The first-order valence-corrected chi connectivity index (χ1v) is 8.00. The molecule has 122 valence electrons. The Labute approximate surface area is 136 Å². The maximum absolute atomic E-state index is 12.3. The van der Waals surface area contributed by atoms with E-state index in [1.54, 1.807) is 12.7 Å². The number of amides is 1. The highest BCUT2D eigenvalue weighted by molar-refractivity contribution is 5.93. The Morgan fingerprint density at radius 2 is 1.87 bits per heavy atom. The number of hydrogen-bond acceptors (Lipinski definition) is 4. The number of carbonyl (C=O) groups is 1. The first-order chi connectivity index (χ1) is 11.1. The van der Waals surface area contributed by atoms with Crippen molar-refractivity contribution in [2.75, 3.05) is 26.0 Å². The molecule has 1 fully saturated rings. The van der Waals surface area contributed by atoms with Crippen molar-refractivity contribution >= 4 is 11.6 Å². The van der Waals surface area contributed by atoms with Gasteiger partial charge in [-0.25, -0.2) is 0 Å². The minimum Gasteiger partial charge on any atom is -0.326 e. The van der Waals surface area contributed by atoms with Gasteiger partial charge in [-0.15, -0.1) is 10.2 Å². The van der Waals surface area contributed by atoms with Crippen molar-refractivity contribution in [2.24, 2.45) is 5.92 Å². The highest BCUT2D eigenvalue weighted by Crippen LogP contribution is 2.38. The minimum atomic E-state index is 0.0795. The number of likely N-dealkylation sites (N-methyl/N-ethyl adjacent to an activating group) is 1. The molecule has 0 saturated heterocycles. The van der Waals surface area contributed by atoms with Crippen molar-refractivity contribution < 1.29 is 4.79 Å². The molecule has 1 amide bonds. The summed E-state index contributed by atoms with van der Waals surface area (Å²) >= 11 is 0. The zero-order valence-corrected chi connectivity index (χ0v) is 13.6. The van der Waals surface area contributed by atoms with E-state index in [9.17, 15) is 4.79 Å². The third-order valence-electron chi connectivity index (χ3n) is 4.41. The van der Waals surface area contributed by atoms with Crippen molar-refractivity contribution in [2.45, 2.75) is 25.3 Å². The smallest absolute Gasteiger partial charge is 0.227 e. The summed E-state index contributed by atoms with van der Waals surface area (Å²) in [6.45, 7) is 1.03.